The summed E-state index contributed by atoms with van der Waals surface area (Å²) in [6.07, 6.45) is 0.684. The van der Waals surface area contributed by atoms with Crippen molar-refractivity contribution in [2.45, 2.75) is 26.3 Å². The van der Waals surface area contributed by atoms with E-state index in [2.05, 4.69) is 10.4 Å². The zero-order valence-electron chi connectivity index (χ0n) is 13.0. The van der Waals surface area contributed by atoms with Crippen LogP contribution in [0.25, 0.3) is 5.69 Å². The fourth-order valence-electron chi connectivity index (χ4n) is 1.86. The Morgan fingerprint density at radius 1 is 1.30 bits per heavy atom. The van der Waals surface area contributed by atoms with Gasteiger partial charge in [-0.1, -0.05) is 6.92 Å². The molecule has 2 aromatic rings. The van der Waals surface area contributed by atoms with Crippen molar-refractivity contribution < 1.29 is 9.18 Å². The molecule has 1 aromatic heterocycles. The minimum Gasteiger partial charge on any atom is -0.348 e. The summed E-state index contributed by atoms with van der Waals surface area (Å²) in [4.78, 5) is 36.4. The normalized spacial score (nSPS) is 12.0. The van der Waals surface area contributed by atoms with Gasteiger partial charge in [0.1, 0.15) is 5.82 Å². The Hall–Kier alpha value is -2.77. The van der Waals surface area contributed by atoms with Gasteiger partial charge >= 0.3 is 5.69 Å². The molecule has 0 unspecified atom stereocenters. The minimum absolute atomic E-state index is 0.139. The Bertz CT molecular complexity index is 839. The summed E-state index contributed by atoms with van der Waals surface area (Å²) in [7, 11) is 1.26. The van der Waals surface area contributed by atoms with Crippen molar-refractivity contribution in [1.82, 2.24) is 19.7 Å². The van der Waals surface area contributed by atoms with Gasteiger partial charge in [0, 0.05) is 13.1 Å². The van der Waals surface area contributed by atoms with Gasteiger partial charge in [-0.15, -0.1) is 0 Å². The lowest BCUT2D eigenvalue weighted by atomic mass is 10.2. The van der Waals surface area contributed by atoms with Crippen molar-refractivity contribution >= 4 is 5.91 Å². The molecule has 1 atom stereocenters. The Morgan fingerprint density at radius 3 is 2.48 bits per heavy atom. The molecule has 0 aliphatic rings. The molecule has 23 heavy (non-hydrogen) atoms. The number of benzene rings is 1. The van der Waals surface area contributed by atoms with Crippen molar-refractivity contribution in [3.05, 3.63) is 56.6 Å². The average Bonchev–Trinajstić information content (AvgIpc) is 2.53. The standard InChI is InChI=1S/C15H17FN4O3/c1-4-9(2)17-13(21)12-14(22)19(3)15(23)20(18-12)11-7-5-10(16)6-8-11/h5-9H,4H2,1-3H3,(H,17,21)/t9-/m0/s1. The van der Waals surface area contributed by atoms with E-state index < -0.39 is 28.7 Å². The first kappa shape index (κ1) is 16.6. The summed E-state index contributed by atoms with van der Waals surface area (Å²) in [5.41, 5.74) is -1.64. The van der Waals surface area contributed by atoms with Crippen molar-refractivity contribution in [2.75, 3.05) is 0 Å². The lowest BCUT2D eigenvalue weighted by Crippen LogP contribution is -2.45. The van der Waals surface area contributed by atoms with Gasteiger partial charge in [-0.2, -0.15) is 9.78 Å². The number of rotatable bonds is 4. The SMILES string of the molecule is CC[C@H](C)NC(=O)c1nn(-c2ccc(F)cc2)c(=O)n(C)c1=O. The largest absolute Gasteiger partial charge is 0.351 e. The summed E-state index contributed by atoms with van der Waals surface area (Å²) in [5.74, 6) is -1.13. The van der Waals surface area contributed by atoms with Crippen molar-refractivity contribution in [3.8, 4) is 5.69 Å². The third-order valence-corrected chi connectivity index (χ3v) is 3.45. The predicted molar refractivity (Wildman–Crippen MR) is 82.3 cm³/mol. The first-order valence-corrected chi connectivity index (χ1v) is 7.12. The third kappa shape index (κ3) is 3.36. The lowest BCUT2D eigenvalue weighted by Gasteiger charge is -2.12. The van der Waals surface area contributed by atoms with Crippen LogP contribution in [-0.4, -0.2) is 26.3 Å². The maximum absolute atomic E-state index is 13.0. The highest BCUT2D eigenvalue weighted by molar-refractivity contribution is 5.91. The van der Waals surface area contributed by atoms with E-state index >= 15 is 0 Å². The van der Waals surface area contributed by atoms with Crippen LogP contribution in [0.2, 0.25) is 0 Å². The number of hydrogen-bond acceptors (Lipinski definition) is 4. The van der Waals surface area contributed by atoms with Crippen molar-refractivity contribution in [3.63, 3.8) is 0 Å². The highest BCUT2D eigenvalue weighted by Gasteiger charge is 2.19. The summed E-state index contributed by atoms with van der Waals surface area (Å²) in [5, 5.41) is 6.49. The van der Waals surface area contributed by atoms with Gasteiger partial charge in [-0.25, -0.2) is 9.18 Å². The number of nitrogens with zero attached hydrogens (tertiary/aromatic N) is 3. The fraction of sp³-hybridized carbons (Fsp3) is 0.333. The van der Waals surface area contributed by atoms with Gasteiger partial charge in [0.15, 0.2) is 0 Å². The second-order valence-corrected chi connectivity index (χ2v) is 5.17. The lowest BCUT2D eigenvalue weighted by molar-refractivity contribution is 0.0929. The van der Waals surface area contributed by atoms with Gasteiger partial charge in [0.2, 0.25) is 5.69 Å². The van der Waals surface area contributed by atoms with Gasteiger partial charge in [-0.05, 0) is 37.6 Å². The molecule has 0 aliphatic carbocycles. The van der Waals surface area contributed by atoms with E-state index in [-0.39, 0.29) is 11.7 Å². The Kier molecular flexibility index (Phi) is 4.73. The topological polar surface area (TPSA) is 86.0 Å². The quantitative estimate of drug-likeness (QED) is 0.894. The van der Waals surface area contributed by atoms with Crippen LogP contribution in [0, 0.1) is 5.82 Å². The number of halogens is 1. The Morgan fingerprint density at radius 2 is 1.91 bits per heavy atom. The zero-order valence-corrected chi connectivity index (χ0v) is 13.0. The highest BCUT2D eigenvalue weighted by Crippen LogP contribution is 2.05. The molecule has 0 bridgehead atoms. The molecule has 0 spiro atoms. The van der Waals surface area contributed by atoms with Gasteiger partial charge in [0.25, 0.3) is 11.5 Å². The summed E-state index contributed by atoms with van der Waals surface area (Å²) < 4.78 is 14.7. The minimum atomic E-state index is -0.783. The van der Waals surface area contributed by atoms with Crippen LogP contribution in [0.4, 0.5) is 4.39 Å². The molecule has 1 N–H and O–H groups in total. The second-order valence-electron chi connectivity index (χ2n) is 5.17. The number of amides is 1. The summed E-state index contributed by atoms with van der Waals surface area (Å²) >= 11 is 0. The molecule has 0 aliphatic heterocycles. The van der Waals surface area contributed by atoms with Gasteiger partial charge < -0.3 is 5.32 Å². The Balaban J connectivity index is 2.57. The van der Waals surface area contributed by atoms with E-state index in [0.717, 1.165) is 21.4 Å². The van der Waals surface area contributed by atoms with Crippen molar-refractivity contribution in [2.24, 2.45) is 7.05 Å². The van der Waals surface area contributed by atoms with Crippen LogP contribution in [-0.2, 0) is 7.05 Å². The molecule has 2 rings (SSSR count). The predicted octanol–water partition coefficient (Wildman–Crippen LogP) is 0.599. The first-order chi connectivity index (χ1) is 10.8. The van der Waals surface area contributed by atoms with Crippen LogP contribution in [0.3, 0.4) is 0 Å². The molecular weight excluding hydrogens is 303 g/mol. The van der Waals surface area contributed by atoms with E-state index in [1.54, 1.807) is 6.92 Å². The third-order valence-electron chi connectivity index (χ3n) is 3.45. The Labute approximate surface area is 131 Å². The van der Waals surface area contributed by atoms with Gasteiger partial charge in [0.05, 0.1) is 5.69 Å². The number of nitrogens with one attached hydrogen (secondary N) is 1. The molecule has 1 heterocycles. The van der Waals surface area contributed by atoms with Gasteiger partial charge in [-0.3, -0.25) is 14.2 Å². The summed E-state index contributed by atoms with van der Waals surface area (Å²) in [6.45, 7) is 3.67. The number of carbonyl (C=O) groups is 1. The zero-order chi connectivity index (χ0) is 17.1. The maximum atomic E-state index is 13.0. The highest BCUT2D eigenvalue weighted by atomic mass is 19.1. The molecule has 1 amide bonds. The number of carbonyl (C=O) groups excluding carboxylic acids is 1. The van der Waals surface area contributed by atoms with E-state index in [1.165, 1.54) is 19.2 Å². The van der Waals surface area contributed by atoms with E-state index in [9.17, 15) is 18.8 Å². The van der Waals surface area contributed by atoms with Crippen molar-refractivity contribution in [1.29, 1.82) is 0 Å². The molecule has 122 valence electrons. The number of aromatic nitrogens is 3. The van der Waals surface area contributed by atoms with E-state index in [4.69, 9.17) is 0 Å². The smallest absolute Gasteiger partial charge is 0.348 e. The molecule has 0 fully saturated rings. The van der Waals surface area contributed by atoms with E-state index in [0.29, 0.717) is 6.42 Å². The van der Waals surface area contributed by atoms with Crippen LogP contribution >= 0.6 is 0 Å². The maximum Gasteiger partial charge on any atom is 0.351 e. The molecule has 0 saturated carbocycles. The molecular formula is C15H17FN4O3. The molecule has 0 radical (unpaired) electrons. The number of hydrogen-bond donors (Lipinski definition) is 1. The molecule has 1 aromatic carbocycles. The van der Waals surface area contributed by atoms with Crippen LogP contribution in [0.15, 0.2) is 33.9 Å². The first-order valence-electron chi connectivity index (χ1n) is 7.12. The average molecular weight is 320 g/mol. The summed E-state index contributed by atoms with van der Waals surface area (Å²) in [6, 6.07) is 4.86. The van der Waals surface area contributed by atoms with Crippen LogP contribution in [0.5, 0.6) is 0 Å². The fourth-order valence-corrected chi connectivity index (χ4v) is 1.86. The molecule has 7 nitrogen and oxygen atoms in total. The molecule has 0 saturated heterocycles. The van der Waals surface area contributed by atoms with Crippen LogP contribution in [0.1, 0.15) is 30.8 Å². The second kappa shape index (κ2) is 6.55. The molecule has 8 heteroatoms. The monoisotopic (exact) mass is 320 g/mol. The van der Waals surface area contributed by atoms with Crippen LogP contribution < -0.4 is 16.6 Å². The van der Waals surface area contributed by atoms with E-state index in [1.807, 2.05) is 6.92 Å².